The number of nitrogens with two attached hydrogens (primary N) is 1. The summed E-state index contributed by atoms with van der Waals surface area (Å²) >= 11 is 0. The summed E-state index contributed by atoms with van der Waals surface area (Å²) in [7, 11) is 0. The molecule has 1 rings (SSSR count). The molecule has 0 amide bonds. The first kappa shape index (κ1) is 10.4. The fourth-order valence-corrected chi connectivity index (χ4v) is 1.12. The topological polar surface area (TPSA) is 49.8 Å². The largest absolute Gasteiger partial charge is 0.398 e. The van der Waals surface area contributed by atoms with Gasteiger partial charge in [-0.05, 0) is 11.6 Å². The summed E-state index contributed by atoms with van der Waals surface area (Å²) in [5.41, 5.74) is 5.26. The summed E-state index contributed by atoms with van der Waals surface area (Å²) in [6, 6.07) is 5.72. The number of halogens is 3. The Hall–Kier alpha value is -1.70. The average Bonchev–Trinajstić information content (AvgIpc) is 2.01. The van der Waals surface area contributed by atoms with Gasteiger partial charge in [0.2, 0.25) is 0 Å². The molecule has 0 unspecified atom stereocenters. The van der Waals surface area contributed by atoms with Crippen LogP contribution in [0.4, 0.5) is 18.9 Å². The third-order valence-electron chi connectivity index (χ3n) is 1.69. The van der Waals surface area contributed by atoms with E-state index in [-0.39, 0.29) is 16.8 Å². The van der Waals surface area contributed by atoms with E-state index in [9.17, 15) is 13.2 Å². The van der Waals surface area contributed by atoms with E-state index in [1.54, 1.807) is 6.07 Å². The minimum absolute atomic E-state index is 0.0780. The minimum atomic E-state index is -4.32. The third kappa shape index (κ3) is 2.39. The number of nitriles is 1. The van der Waals surface area contributed by atoms with E-state index in [4.69, 9.17) is 11.0 Å². The second kappa shape index (κ2) is 3.58. The first-order chi connectivity index (χ1) is 6.44. The van der Waals surface area contributed by atoms with Crippen molar-refractivity contribution in [3.63, 3.8) is 0 Å². The van der Waals surface area contributed by atoms with Gasteiger partial charge in [0.25, 0.3) is 0 Å². The van der Waals surface area contributed by atoms with Crippen LogP contribution in [0.25, 0.3) is 0 Å². The van der Waals surface area contributed by atoms with Gasteiger partial charge in [-0.2, -0.15) is 18.4 Å². The highest BCUT2D eigenvalue weighted by Gasteiger charge is 2.29. The molecule has 0 aliphatic heterocycles. The lowest BCUT2D eigenvalue weighted by Crippen LogP contribution is -2.13. The number of alkyl halides is 3. The number of hydrogen-bond acceptors (Lipinski definition) is 2. The van der Waals surface area contributed by atoms with Crippen molar-refractivity contribution in [3.8, 4) is 6.07 Å². The Morgan fingerprint density at radius 3 is 2.50 bits per heavy atom. The number of nitrogen functional groups attached to an aromatic ring is 1. The molecule has 0 aliphatic carbocycles. The van der Waals surface area contributed by atoms with E-state index in [0.29, 0.717) is 0 Å². The Morgan fingerprint density at radius 1 is 1.36 bits per heavy atom. The highest BCUT2D eigenvalue weighted by atomic mass is 19.4. The molecule has 0 atom stereocenters. The Morgan fingerprint density at radius 2 is 2.00 bits per heavy atom. The van der Waals surface area contributed by atoms with E-state index < -0.39 is 12.6 Å². The fourth-order valence-electron chi connectivity index (χ4n) is 1.12. The summed E-state index contributed by atoms with van der Waals surface area (Å²) in [5, 5.41) is 8.60. The molecule has 0 heterocycles. The maximum absolute atomic E-state index is 12.0. The van der Waals surface area contributed by atoms with Crippen LogP contribution >= 0.6 is 0 Å². The molecule has 5 heteroatoms. The van der Waals surface area contributed by atoms with Crippen molar-refractivity contribution >= 4 is 5.69 Å². The lowest BCUT2D eigenvalue weighted by Gasteiger charge is -2.08. The van der Waals surface area contributed by atoms with Gasteiger partial charge in [-0.3, -0.25) is 0 Å². The van der Waals surface area contributed by atoms with Crippen molar-refractivity contribution in [1.82, 2.24) is 0 Å². The van der Waals surface area contributed by atoms with Crippen LogP contribution in [0.3, 0.4) is 0 Å². The molecule has 0 aromatic heterocycles. The molecule has 0 saturated heterocycles. The highest BCUT2D eigenvalue weighted by Crippen LogP contribution is 2.25. The zero-order valence-corrected chi connectivity index (χ0v) is 7.10. The highest BCUT2D eigenvalue weighted by molar-refractivity contribution is 5.57. The quantitative estimate of drug-likeness (QED) is 0.707. The van der Waals surface area contributed by atoms with E-state index in [0.717, 1.165) is 0 Å². The maximum Gasteiger partial charge on any atom is 0.393 e. The Kier molecular flexibility index (Phi) is 2.65. The molecule has 1 aromatic carbocycles. The van der Waals surface area contributed by atoms with Crippen molar-refractivity contribution in [2.75, 3.05) is 5.73 Å². The van der Waals surface area contributed by atoms with Gasteiger partial charge in [-0.25, -0.2) is 0 Å². The lowest BCUT2D eigenvalue weighted by molar-refractivity contribution is -0.127. The van der Waals surface area contributed by atoms with E-state index in [1.165, 1.54) is 18.2 Å². The van der Waals surface area contributed by atoms with Gasteiger partial charge in [0, 0.05) is 5.69 Å². The van der Waals surface area contributed by atoms with Crippen LogP contribution in [0.5, 0.6) is 0 Å². The number of hydrogen-bond donors (Lipinski definition) is 1. The second-order valence-electron chi connectivity index (χ2n) is 2.79. The molecule has 14 heavy (non-hydrogen) atoms. The molecule has 0 saturated carbocycles. The van der Waals surface area contributed by atoms with Crippen LogP contribution in [-0.4, -0.2) is 6.18 Å². The predicted molar refractivity (Wildman–Crippen MR) is 45.3 cm³/mol. The molecular formula is C9H7F3N2. The number of nitrogens with zero attached hydrogens (tertiary/aromatic N) is 1. The summed E-state index contributed by atoms with van der Waals surface area (Å²) < 4.78 is 36.1. The van der Waals surface area contributed by atoms with Crippen molar-refractivity contribution < 1.29 is 13.2 Å². The van der Waals surface area contributed by atoms with E-state index in [1.807, 2.05) is 0 Å². The number of rotatable bonds is 1. The van der Waals surface area contributed by atoms with Crippen molar-refractivity contribution in [2.45, 2.75) is 12.6 Å². The molecule has 2 nitrogen and oxygen atoms in total. The van der Waals surface area contributed by atoms with Gasteiger partial charge in [0.05, 0.1) is 12.0 Å². The van der Waals surface area contributed by atoms with Crippen molar-refractivity contribution in [2.24, 2.45) is 0 Å². The molecule has 0 bridgehead atoms. The predicted octanol–water partition coefficient (Wildman–Crippen LogP) is 2.25. The Balaban J connectivity index is 3.10. The summed E-state index contributed by atoms with van der Waals surface area (Å²) in [6.07, 6.45) is -5.44. The number of benzene rings is 1. The Labute approximate surface area is 78.8 Å². The monoisotopic (exact) mass is 200 g/mol. The average molecular weight is 200 g/mol. The molecule has 2 N–H and O–H groups in total. The third-order valence-corrected chi connectivity index (χ3v) is 1.69. The van der Waals surface area contributed by atoms with Crippen LogP contribution in [0.15, 0.2) is 18.2 Å². The summed E-state index contributed by atoms with van der Waals surface area (Å²) in [6.45, 7) is 0. The van der Waals surface area contributed by atoms with Crippen molar-refractivity contribution in [3.05, 3.63) is 29.3 Å². The zero-order chi connectivity index (χ0) is 10.8. The molecular weight excluding hydrogens is 193 g/mol. The zero-order valence-electron chi connectivity index (χ0n) is 7.10. The molecule has 0 fully saturated rings. The van der Waals surface area contributed by atoms with E-state index in [2.05, 4.69) is 0 Å². The van der Waals surface area contributed by atoms with Crippen LogP contribution in [-0.2, 0) is 6.42 Å². The minimum Gasteiger partial charge on any atom is -0.398 e. The summed E-state index contributed by atoms with van der Waals surface area (Å²) in [4.78, 5) is 0. The molecule has 74 valence electrons. The lowest BCUT2D eigenvalue weighted by atomic mass is 10.0. The SMILES string of the molecule is N#Cc1c(N)cccc1CC(F)(F)F. The molecule has 0 spiro atoms. The maximum atomic E-state index is 12.0. The Bertz CT molecular complexity index is 377. The first-order valence-electron chi connectivity index (χ1n) is 3.78. The summed E-state index contributed by atoms with van der Waals surface area (Å²) in [5.74, 6) is 0. The van der Waals surface area contributed by atoms with E-state index >= 15 is 0 Å². The van der Waals surface area contributed by atoms with Crippen LogP contribution in [0.1, 0.15) is 11.1 Å². The van der Waals surface area contributed by atoms with Crippen molar-refractivity contribution in [1.29, 1.82) is 5.26 Å². The van der Waals surface area contributed by atoms with Gasteiger partial charge in [0.15, 0.2) is 0 Å². The standard InChI is InChI=1S/C9H7F3N2/c10-9(11,12)4-6-2-1-3-8(14)7(6)5-13/h1-3H,4,14H2. The van der Waals surface area contributed by atoms with Crippen LogP contribution < -0.4 is 5.73 Å². The van der Waals surface area contributed by atoms with Gasteiger partial charge >= 0.3 is 6.18 Å². The van der Waals surface area contributed by atoms with Crippen LogP contribution in [0, 0.1) is 11.3 Å². The molecule has 0 radical (unpaired) electrons. The molecule has 0 aliphatic rings. The van der Waals surface area contributed by atoms with Gasteiger partial charge in [0.1, 0.15) is 6.07 Å². The van der Waals surface area contributed by atoms with Gasteiger partial charge in [-0.15, -0.1) is 0 Å². The molecule has 1 aromatic rings. The smallest absolute Gasteiger partial charge is 0.393 e. The fraction of sp³-hybridized carbons (Fsp3) is 0.222. The first-order valence-corrected chi connectivity index (χ1v) is 3.78. The van der Waals surface area contributed by atoms with Crippen LogP contribution in [0.2, 0.25) is 0 Å². The second-order valence-corrected chi connectivity index (χ2v) is 2.79. The number of anilines is 1. The normalized spacial score (nSPS) is 11.0. The van der Waals surface area contributed by atoms with Gasteiger partial charge in [-0.1, -0.05) is 12.1 Å². The van der Waals surface area contributed by atoms with Gasteiger partial charge < -0.3 is 5.73 Å².